The van der Waals surface area contributed by atoms with Crippen molar-refractivity contribution in [1.29, 1.82) is 0 Å². The predicted octanol–water partition coefficient (Wildman–Crippen LogP) is 3.01. The summed E-state index contributed by atoms with van der Waals surface area (Å²) in [5.74, 6) is 0.0415. The second-order valence-electron chi connectivity index (χ2n) is 5.18. The van der Waals surface area contributed by atoms with Crippen LogP contribution in [-0.4, -0.2) is 29.1 Å². The van der Waals surface area contributed by atoms with Crippen LogP contribution >= 0.6 is 0 Å². The van der Waals surface area contributed by atoms with Gasteiger partial charge in [0.1, 0.15) is 0 Å². The summed E-state index contributed by atoms with van der Waals surface area (Å²) in [6.07, 6.45) is 3.91. The fourth-order valence-corrected chi connectivity index (χ4v) is 2.23. The third-order valence-corrected chi connectivity index (χ3v) is 3.36. The monoisotopic (exact) mass is 247 g/mol. The zero-order valence-electron chi connectivity index (χ0n) is 10.9. The Balaban J connectivity index is 1.94. The molecular weight excluding hydrogens is 226 g/mol. The van der Waals surface area contributed by atoms with Crippen LogP contribution in [0.3, 0.4) is 0 Å². The second-order valence-corrected chi connectivity index (χ2v) is 5.18. The Morgan fingerprint density at radius 2 is 2.00 bits per heavy atom. The molecule has 3 heteroatoms. The van der Waals surface area contributed by atoms with Gasteiger partial charge in [0, 0.05) is 13.1 Å². The maximum Gasteiger partial charge on any atom is 0.335 e. The number of hydrogen-bond donors (Lipinski definition) is 1. The normalized spacial score (nSPS) is 15.0. The molecule has 98 valence electrons. The molecule has 0 saturated heterocycles. The highest BCUT2D eigenvalue weighted by Gasteiger charge is 2.23. The minimum atomic E-state index is -0.857. The van der Waals surface area contributed by atoms with Crippen molar-refractivity contribution in [3.8, 4) is 0 Å². The minimum absolute atomic E-state index is 0.364. The number of nitrogens with zero attached hydrogens (tertiary/aromatic N) is 1. The Morgan fingerprint density at radius 1 is 1.33 bits per heavy atom. The topological polar surface area (TPSA) is 40.5 Å². The maximum absolute atomic E-state index is 10.8. The van der Waals surface area contributed by atoms with Crippen molar-refractivity contribution in [3.05, 3.63) is 35.4 Å². The zero-order valence-corrected chi connectivity index (χ0v) is 10.9. The van der Waals surface area contributed by atoms with E-state index in [0.29, 0.717) is 5.56 Å². The molecule has 1 saturated carbocycles. The molecule has 0 heterocycles. The van der Waals surface area contributed by atoms with Crippen molar-refractivity contribution >= 4 is 5.97 Å². The van der Waals surface area contributed by atoms with E-state index >= 15 is 0 Å². The van der Waals surface area contributed by atoms with Gasteiger partial charge < -0.3 is 5.11 Å². The van der Waals surface area contributed by atoms with Gasteiger partial charge in [0.25, 0.3) is 0 Å². The molecule has 18 heavy (non-hydrogen) atoms. The van der Waals surface area contributed by atoms with Crippen molar-refractivity contribution in [1.82, 2.24) is 4.90 Å². The van der Waals surface area contributed by atoms with Gasteiger partial charge in [-0.05, 0) is 49.4 Å². The van der Waals surface area contributed by atoms with E-state index in [9.17, 15) is 4.79 Å². The maximum atomic E-state index is 10.8. The molecule has 0 aromatic heterocycles. The number of hydrogen-bond acceptors (Lipinski definition) is 2. The van der Waals surface area contributed by atoms with Crippen molar-refractivity contribution < 1.29 is 9.90 Å². The van der Waals surface area contributed by atoms with E-state index in [2.05, 4.69) is 11.8 Å². The van der Waals surface area contributed by atoms with E-state index in [0.717, 1.165) is 19.0 Å². The third kappa shape index (κ3) is 3.84. The fourth-order valence-electron chi connectivity index (χ4n) is 2.23. The second kappa shape index (κ2) is 6.01. The lowest BCUT2D eigenvalue weighted by molar-refractivity contribution is 0.0697. The summed E-state index contributed by atoms with van der Waals surface area (Å²) in [6.45, 7) is 5.45. The first-order valence-electron chi connectivity index (χ1n) is 6.73. The lowest BCUT2D eigenvalue weighted by atomic mass is 10.1. The highest BCUT2D eigenvalue weighted by Crippen LogP contribution is 2.30. The number of aromatic carboxylic acids is 1. The highest BCUT2D eigenvalue weighted by molar-refractivity contribution is 5.87. The van der Waals surface area contributed by atoms with E-state index in [1.54, 1.807) is 12.1 Å². The Kier molecular flexibility index (Phi) is 4.37. The SMILES string of the molecule is CCCN(Cc1ccc(C(=O)O)cc1)CC1CC1. The molecule has 0 amide bonds. The van der Waals surface area contributed by atoms with E-state index in [1.165, 1.54) is 31.4 Å². The molecule has 3 nitrogen and oxygen atoms in total. The van der Waals surface area contributed by atoms with Gasteiger partial charge in [0.05, 0.1) is 5.56 Å². The Bertz CT molecular complexity index is 395. The summed E-state index contributed by atoms with van der Waals surface area (Å²) in [7, 11) is 0. The summed E-state index contributed by atoms with van der Waals surface area (Å²) in [5, 5.41) is 8.86. The van der Waals surface area contributed by atoms with Crippen molar-refractivity contribution in [2.75, 3.05) is 13.1 Å². The molecule has 1 aromatic carbocycles. The highest BCUT2D eigenvalue weighted by atomic mass is 16.4. The van der Waals surface area contributed by atoms with Crippen LogP contribution in [0, 0.1) is 5.92 Å². The third-order valence-electron chi connectivity index (χ3n) is 3.36. The Labute approximate surface area is 108 Å². The average molecular weight is 247 g/mol. The van der Waals surface area contributed by atoms with Gasteiger partial charge in [0.15, 0.2) is 0 Å². The first-order valence-corrected chi connectivity index (χ1v) is 6.73. The van der Waals surface area contributed by atoms with Gasteiger partial charge in [-0.2, -0.15) is 0 Å². The first kappa shape index (κ1) is 13.1. The van der Waals surface area contributed by atoms with Gasteiger partial charge in [-0.3, -0.25) is 4.90 Å². The molecule has 0 spiro atoms. The molecule has 1 N–H and O–H groups in total. The van der Waals surface area contributed by atoms with Gasteiger partial charge in [-0.25, -0.2) is 4.79 Å². The van der Waals surface area contributed by atoms with Gasteiger partial charge >= 0.3 is 5.97 Å². The largest absolute Gasteiger partial charge is 0.478 e. The fraction of sp³-hybridized carbons (Fsp3) is 0.533. The van der Waals surface area contributed by atoms with Crippen LogP contribution in [-0.2, 0) is 6.54 Å². The Morgan fingerprint density at radius 3 is 2.50 bits per heavy atom. The summed E-state index contributed by atoms with van der Waals surface area (Å²) >= 11 is 0. The minimum Gasteiger partial charge on any atom is -0.478 e. The molecule has 0 radical (unpaired) electrons. The smallest absolute Gasteiger partial charge is 0.335 e. The molecule has 0 aliphatic heterocycles. The molecule has 1 fully saturated rings. The molecule has 2 rings (SSSR count). The van der Waals surface area contributed by atoms with Crippen LogP contribution in [0.25, 0.3) is 0 Å². The van der Waals surface area contributed by atoms with Crippen molar-refractivity contribution in [2.24, 2.45) is 5.92 Å². The van der Waals surface area contributed by atoms with Crippen LogP contribution in [0.15, 0.2) is 24.3 Å². The van der Waals surface area contributed by atoms with Crippen LogP contribution in [0.1, 0.15) is 42.1 Å². The lowest BCUT2D eigenvalue weighted by Crippen LogP contribution is -2.26. The van der Waals surface area contributed by atoms with E-state index < -0.39 is 5.97 Å². The van der Waals surface area contributed by atoms with Gasteiger partial charge in [-0.1, -0.05) is 19.1 Å². The van der Waals surface area contributed by atoms with Crippen LogP contribution in [0.4, 0.5) is 0 Å². The summed E-state index contributed by atoms with van der Waals surface area (Å²) in [5.41, 5.74) is 1.57. The number of carboxylic acid groups (broad SMARTS) is 1. The van der Waals surface area contributed by atoms with Crippen LogP contribution < -0.4 is 0 Å². The van der Waals surface area contributed by atoms with E-state index in [-0.39, 0.29) is 0 Å². The number of benzene rings is 1. The Hall–Kier alpha value is -1.35. The zero-order chi connectivity index (χ0) is 13.0. The quantitative estimate of drug-likeness (QED) is 0.805. The average Bonchev–Trinajstić information content (AvgIpc) is 3.14. The number of carbonyl (C=O) groups is 1. The molecule has 1 aliphatic rings. The number of rotatable bonds is 7. The molecule has 1 aromatic rings. The number of carboxylic acids is 1. The van der Waals surface area contributed by atoms with E-state index in [1.807, 2.05) is 12.1 Å². The summed E-state index contributed by atoms with van der Waals surface area (Å²) < 4.78 is 0. The summed E-state index contributed by atoms with van der Waals surface area (Å²) in [6, 6.07) is 7.25. The lowest BCUT2D eigenvalue weighted by Gasteiger charge is -2.21. The molecule has 0 unspecified atom stereocenters. The first-order chi connectivity index (χ1) is 8.69. The molecule has 0 bridgehead atoms. The predicted molar refractivity (Wildman–Crippen MR) is 71.7 cm³/mol. The van der Waals surface area contributed by atoms with Crippen molar-refractivity contribution in [2.45, 2.75) is 32.7 Å². The van der Waals surface area contributed by atoms with Crippen LogP contribution in [0.5, 0.6) is 0 Å². The van der Waals surface area contributed by atoms with E-state index in [4.69, 9.17) is 5.11 Å². The van der Waals surface area contributed by atoms with Gasteiger partial charge in [-0.15, -0.1) is 0 Å². The van der Waals surface area contributed by atoms with Gasteiger partial charge in [0.2, 0.25) is 0 Å². The van der Waals surface area contributed by atoms with Crippen molar-refractivity contribution in [3.63, 3.8) is 0 Å². The molecule has 0 atom stereocenters. The summed E-state index contributed by atoms with van der Waals surface area (Å²) in [4.78, 5) is 13.3. The molecular formula is C15H21NO2. The standard InChI is InChI=1S/C15H21NO2/c1-2-9-16(10-12-3-4-12)11-13-5-7-14(8-6-13)15(17)18/h5-8,12H,2-4,9-11H2,1H3,(H,17,18). The molecule has 1 aliphatic carbocycles. The van der Waals surface area contributed by atoms with Crippen LogP contribution in [0.2, 0.25) is 0 Å².